The summed E-state index contributed by atoms with van der Waals surface area (Å²) in [7, 11) is 0. The number of aryl methyl sites for hydroxylation is 1. The highest BCUT2D eigenvalue weighted by molar-refractivity contribution is 5.67. The molecule has 8 atom stereocenters. The summed E-state index contributed by atoms with van der Waals surface area (Å²) in [6, 6.07) is 7.50. The Morgan fingerprint density at radius 2 is 1.79 bits per heavy atom. The zero-order chi connectivity index (χ0) is 34.5. The second kappa shape index (κ2) is 15.8. The maximum absolute atomic E-state index is 12.7. The van der Waals surface area contributed by atoms with Gasteiger partial charge >= 0.3 is 6.09 Å². The molecule has 1 amide bonds. The van der Waals surface area contributed by atoms with Gasteiger partial charge in [-0.15, -0.1) is 10.2 Å². The second-order valence-corrected chi connectivity index (χ2v) is 16.0. The number of carbonyl (C=O) groups is 1. The first-order valence-corrected chi connectivity index (χ1v) is 19.2. The molecular formula is C41H67N3O4. The van der Waals surface area contributed by atoms with E-state index >= 15 is 0 Å². The minimum atomic E-state index is -0.346. The fraction of sp³-hybridized carbons (Fsp3) is 0.732. The SMILES string of the molecule is CC.Cc1nnc(-c2ccc(OCCNC(=O)O[C@H]3CC[C@@]4(C)C(=CC[C@@H]5C4CC[C@]4(C)[C@@H]([C@H](C)CCCC(C)C)CC[C@@H]54)C3)cc2)o1.[HH].[HH]. The molecule has 1 unspecified atom stereocenters. The standard InChI is InChI=1S/C39H57N3O4.C2H6.2H2/c1-25(2)8-7-9-26(3)33-16-17-34-32-15-12-29-24-31(18-20-38(29,5)35(32)19-21-39(33,34)6)46-37(43)40-22-23-44-30-13-10-28(11-14-30)36-42-41-27(4)45-36;1-2;;/h10-14,25-26,31-35H,7-9,15-24H2,1-6H3,(H,40,43);1-2H3;2*1H/t26-,31+,32+,33-,34+,35?,38+,39-;;;/m1.../s1. The number of amides is 1. The molecular weight excluding hydrogens is 598 g/mol. The molecule has 2 aromatic rings. The summed E-state index contributed by atoms with van der Waals surface area (Å²) < 4.78 is 17.2. The summed E-state index contributed by atoms with van der Waals surface area (Å²) in [6.07, 6.45) is 16.1. The van der Waals surface area contributed by atoms with Crippen LogP contribution in [0.1, 0.15) is 128 Å². The van der Waals surface area contributed by atoms with E-state index in [1.165, 1.54) is 51.4 Å². The Balaban J connectivity index is 0.00000166. The molecule has 7 nitrogen and oxygen atoms in total. The average Bonchev–Trinajstić information content (AvgIpc) is 3.67. The lowest BCUT2D eigenvalue weighted by molar-refractivity contribution is -0.0581. The first kappa shape index (κ1) is 36.5. The third kappa shape index (κ3) is 7.81. The Labute approximate surface area is 293 Å². The Hall–Kier alpha value is -2.83. The number of allylic oxidation sites excluding steroid dienone is 1. The van der Waals surface area contributed by atoms with Crippen LogP contribution in [0.4, 0.5) is 4.79 Å². The predicted molar refractivity (Wildman–Crippen MR) is 197 cm³/mol. The molecule has 0 saturated heterocycles. The minimum Gasteiger partial charge on any atom is -0.492 e. The third-order valence-electron chi connectivity index (χ3n) is 12.8. The van der Waals surface area contributed by atoms with Crippen LogP contribution in [0.3, 0.4) is 0 Å². The van der Waals surface area contributed by atoms with Crippen molar-refractivity contribution in [2.45, 2.75) is 132 Å². The summed E-state index contributed by atoms with van der Waals surface area (Å²) >= 11 is 0. The van der Waals surface area contributed by atoms with Crippen molar-refractivity contribution in [3.05, 3.63) is 41.8 Å². The summed E-state index contributed by atoms with van der Waals surface area (Å²) in [5.41, 5.74) is 3.17. The zero-order valence-electron chi connectivity index (χ0n) is 31.1. The highest BCUT2D eigenvalue weighted by Gasteiger charge is 2.59. The lowest BCUT2D eigenvalue weighted by atomic mass is 9.47. The summed E-state index contributed by atoms with van der Waals surface area (Å²) in [5, 5.41) is 10.8. The third-order valence-corrected chi connectivity index (χ3v) is 12.8. The highest BCUT2D eigenvalue weighted by Crippen LogP contribution is 2.67. The van der Waals surface area contributed by atoms with Gasteiger partial charge in [-0.2, -0.15) is 0 Å². The number of nitrogens with zero attached hydrogens (tertiary/aromatic N) is 2. The van der Waals surface area contributed by atoms with E-state index in [0.717, 1.165) is 66.1 Å². The Bertz CT molecular complexity index is 1380. The van der Waals surface area contributed by atoms with Crippen molar-refractivity contribution in [1.29, 1.82) is 0 Å². The van der Waals surface area contributed by atoms with Gasteiger partial charge in [-0.05, 0) is 116 Å². The van der Waals surface area contributed by atoms with Crippen molar-refractivity contribution < 1.29 is 21.5 Å². The number of rotatable bonds is 11. The number of aromatic nitrogens is 2. The summed E-state index contributed by atoms with van der Waals surface area (Å²) in [4.78, 5) is 12.7. The van der Waals surface area contributed by atoms with Gasteiger partial charge in [0.2, 0.25) is 11.8 Å². The molecule has 0 aliphatic heterocycles. The number of hydrogen-bond donors (Lipinski definition) is 1. The van der Waals surface area contributed by atoms with E-state index in [4.69, 9.17) is 13.9 Å². The smallest absolute Gasteiger partial charge is 0.407 e. The highest BCUT2D eigenvalue weighted by atomic mass is 16.6. The van der Waals surface area contributed by atoms with Crippen LogP contribution in [0.25, 0.3) is 11.5 Å². The van der Waals surface area contributed by atoms with Crippen LogP contribution in [0, 0.1) is 53.3 Å². The minimum absolute atomic E-state index is 0. The van der Waals surface area contributed by atoms with Gasteiger partial charge in [0.25, 0.3) is 0 Å². The number of nitrogens with one attached hydrogen (secondary N) is 1. The normalized spacial score (nSPS) is 31.4. The molecule has 270 valence electrons. The van der Waals surface area contributed by atoms with Gasteiger partial charge in [-0.3, -0.25) is 0 Å². The molecule has 1 heterocycles. The van der Waals surface area contributed by atoms with Gasteiger partial charge in [0.15, 0.2) is 0 Å². The number of benzene rings is 1. The number of fused-ring (bicyclic) bond motifs is 5. The van der Waals surface area contributed by atoms with Gasteiger partial charge in [0.05, 0.1) is 6.54 Å². The van der Waals surface area contributed by atoms with E-state index in [9.17, 15) is 4.79 Å². The molecule has 3 saturated carbocycles. The van der Waals surface area contributed by atoms with E-state index in [1.807, 2.05) is 38.1 Å². The molecule has 3 fully saturated rings. The molecule has 1 aromatic carbocycles. The zero-order valence-corrected chi connectivity index (χ0v) is 31.1. The van der Waals surface area contributed by atoms with Crippen molar-refractivity contribution in [2.24, 2.45) is 46.3 Å². The monoisotopic (exact) mass is 666 g/mol. The maximum atomic E-state index is 12.7. The first-order chi connectivity index (χ1) is 23.1. The van der Waals surface area contributed by atoms with Crippen LogP contribution in [0.15, 0.2) is 40.3 Å². The lowest BCUT2D eigenvalue weighted by Crippen LogP contribution is -2.51. The van der Waals surface area contributed by atoms with Gasteiger partial charge in [-0.1, -0.05) is 79.4 Å². The van der Waals surface area contributed by atoms with Crippen molar-refractivity contribution in [3.63, 3.8) is 0 Å². The Morgan fingerprint density at radius 3 is 2.50 bits per heavy atom. The fourth-order valence-electron chi connectivity index (χ4n) is 10.4. The predicted octanol–water partition coefficient (Wildman–Crippen LogP) is 11.1. The Kier molecular flexibility index (Phi) is 12.0. The second-order valence-electron chi connectivity index (χ2n) is 16.0. The van der Waals surface area contributed by atoms with E-state index in [1.54, 1.807) is 12.5 Å². The lowest BCUT2D eigenvalue weighted by Gasteiger charge is -2.58. The van der Waals surface area contributed by atoms with Crippen LogP contribution >= 0.6 is 0 Å². The van der Waals surface area contributed by atoms with Crippen molar-refractivity contribution in [3.8, 4) is 17.2 Å². The van der Waals surface area contributed by atoms with E-state index < -0.39 is 0 Å². The molecule has 7 heteroatoms. The van der Waals surface area contributed by atoms with E-state index in [-0.39, 0.29) is 20.5 Å². The fourth-order valence-corrected chi connectivity index (χ4v) is 10.4. The van der Waals surface area contributed by atoms with Crippen LogP contribution in [-0.4, -0.2) is 35.5 Å². The summed E-state index contributed by atoms with van der Waals surface area (Å²) in [6.45, 7) is 19.0. The van der Waals surface area contributed by atoms with Crippen LogP contribution in [0.5, 0.6) is 5.75 Å². The molecule has 48 heavy (non-hydrogen) atoms. The Morgan fingerprint density at radius 1 is 1.02 bits per heavy atom. The number of alkyl carbamates (subject to hydrolysis) is 1. The average molecular weight is 666 g/mol. The summed E-state index contributed by atoms with van der Waals surface area (Å²) in [5.74, 6) is 6.76. The molecule has 1 N–H and O–H groups in total. The molecule has 0 radical (unpaired) electrons. The van der Waals surface area contributed by atoms with Crippen molar-refractivity contribution in [1.82, 2.24) is 15.5 Å². The van der Waals surface area contributed by atoms with Gasteiger partial charge in [0, 0.05) is 21.8 Å². The maximum Gasteiger partial charge on any atom is 0.407 e. The van der Waals surface area contributed by atoms with Crippen molar-refractivity contribution in [2.75, 3.05) is 13.2 Å². The molecule has 4 aliphatic rings. The van der Waals surface area contributed by atoms with Crippen LogP contribution < -0.4 is 10.1 Å². The van der Waals surface area contributed by atoms with Crippen LogP contribution in [-0.2, 0) is 4.74 Å². The van der Waals surface area contributed by atoms with Crippen molar-refractivity contribution >= 4 is 6.09 Å². The molecule has 1 aromatic heterocycles. The topological polar surface area (TPSA) is 86.5 Å². The van der Waals surface area contributed by atoms with Crippen LogP contribution in [0.2, 0.25) is 0 Å². The quantitative estimate of drug-likeness (QED) is 0.190. The molecule has 0 spiro atoms. The molecule has 4 aliphatic carbocycles. The number of hydrogen-bond acceptors (Lipinski definition) is 6. The van der Waals surface area contributed by atoms with E-state index in [2.05, 4.69) is 56.2 Å². The number of ether oxygens (including phenoxy) is 2. The first-order valence-electron chi connectivity index (χ1n) is 19.2. The van der Waals surface area contributed by atoms with Gasteiger partial charge in [-0.25, -0.2) is 4.79 Å². The largest absolute Gasteiger partial charge is 0.492 e. The molecule has 6 rings (SSSR count). The van der Waals surface area contributed by atoms with Gasteiger partial charge < -0.3 is 19.2 Å². The van der Waals surface area contributed by atoms with Gasteiger partial charge in [0.1, 0.15) is 18.5 Å². The number of carbonyl (C=O) groups excluding carboxylic acids is 1. The van der Waals surface area contributed by atoms with E-state index in [0.29, 0.717) is 30.3 Å². The molecule has 0 bridgehead atoms.